The fraction of sp³-hybridized carbons (Fsp3) is 0.667. The SMILES string of the molecule is C=C(C)C(=O)OCC1(C)OC1C. The van der Waals surface area contributed by atoms with Gasteiger partial charge in [0.05, 0.1) is 6.10 Å². The lowest BCUT2D eigenvalue weighted by molar-refractivity contribution is -0.140. The second kappa shape index (κ2) is 2.90. The molecule has 3 heteroatoms. The van der Waals surface area contributed by atoms with Crippen LogP contribution in [0.3, 0.4) is 0 Å². The molecule has 0 saturated carbocycles. The van der Waals surface area contributed by atoms with Crippen LogP contribution >= 0.6 is 0 Å². The predicted octanol–water partition coefficient (Wildman–Crippen LogP) is 1.28. The van der Waals surface area contributed by atoms with E-state index in [1.807, 2.05) is 13.8 Å². The monoisotopic (exact) mass is 170 g/mol. The lowest BCUT2D eigenvalue weighted by Crippen LogP contribution is -2.20. The Morgan fingerprint density at radius 3 is 2.58 bits per heavy atom. The number of carbonyl (C=O) groups excluding carboxylic acids is 1. The Bertz CT molecular complexity index is 222. The van der Waals surface area contributed by atoms with Crippen molar-refractivity contribution < 1.29 is 14.3 Å². The van der Waals surface area contributed by atoms with Crippen LogP contribution in [0.5, 0.6) is 0 Å². The highest BCUT2D eigenvalue weighted by Crippen LogP contribution is 2.35. The zero-order valence-corrected chi connectivity index (χ0v) is 7.72. The van der Waals surface area contributed by atoms with E-state index in [1.165, 1.54) is 0 Å². The minimum atomic E-state index is -0.348. The van der Waals surface area contributed by atoms with Gasteiger partial charge in [-0.25, -0.2) is 4.79 Å². The molecule has 1 saturated heterocycles. The molecule has 1 rings (SSSR count). The molecule has 1 aliphatic rings. The molecule has 0 N–H and O–H groups in total. The predicted molar refractivity (Wildman–Crippen MR) is 44.7 cm³/mol. The van der Waals surface area contributed by atoms with Crippen LogP contribution in [0.15, 0.2) is 12.2 Å². The third kappa shape index (κ3) is 1.85. The first kappa shape index (κ1) is 9.26. The molecule has 12 heavy (non-hydrogen) atoms. The highest BCUT2D eigenvalue weighted by molar-refractivity contribution is 5.86. The second-order valence-electron chi connectivity index (χ2n) is 3.43. The molecule has 0 bridgehead atoms. The fourth-order valence-electron chi connectivity index (χ4n) is 0.853. The van der Waals surface area contributed by atoms with Crippen LogP contribution in [0, 0.1) is 0 Å². The number of esters is 1. The number of hydrogen-bond donors (Lipinski definition) is 0. The molecule has 0 amide bonds. The van der Waals surface area contributed by atoms with Crippen molar-refractivity contribution in [2.45, 2.75) is 32.5 Å². The number of hydrogen-bond acceptors (Lipinski definition) is 3. The molecular weight excluding hydrogens is 156 g/mol. The standard InChI is InChI=1S/C9H14O3/c1-6(2)8(10)11-5-9(4)7(3)12-9/h7H,1,5H2,2-4H3. The highest BCUT2D eigenvalue weighted by atomic mass is 16.6. The smallest absolute Gasteiger partial charge is 0.333 e. The van der Waals surface area contributed by atoms with Crippen molar-refractivity contribution in [2.24, 2.45) is 0 Å². The van der Waals surface area contributed by atoms with E-state index in [0.29, 0.717) is 12.2 Å². The van der Waals surface area contributed by atoms with E-state index in [0.717, 1.165) is 0 Å². The van der Waals surface area contributed by atoms with Gasteiger partial charge in [-0.2, -0.15) is 0 Å². The normalized spacial score (nSPS) is 32.8. The topological polar surface area (TPSA) is 38.8 Å². The van der Waals surface area contributed by atoms with E-state index in [2.05, 4.69) is 6.58 Å². The molecule has 0 aliphatic carbocycles. The van der Waals surface area contributed by atoms with Gasteiger partial charge in [0.2, 0.25) is 0 Å². The van der Waals surface area contributed by atoms with Gasteiger partial charge in [0.25, 0.3) is 0 Å². The maximum absolute atomic E-state index is 10.9. The number of epoxide rings is 1. The lowest BCUT2D eigenvalue weighted by atomic mass is 10.1. The van der Waals surface area contributed by atoms with Gasteiger partial charge in [-0.1, -0.05) is 6.58 Å². The van der Waals surface area contributed by atoms with Crippen LogP contribution in [0.25, 0.3) is 0 Å². The van der Waals surface area contributed by atoms with Crippen molar-refractivity contribution in [3.05, 3.63) is 12.2 Å². The minimum absolute atomic E-state index is 0.190. The first-order chi connectivity index (χ1) is 5.46. The Kier molecular flexibility index (Phi) is 2.24. The van der Waals surface area contributed by atoms with E-state index in [-0.39, 0.29) is 17.7 Å². The van der Waals surface area contributed by atoms with Crippen LogP contribution < -0.4 is 0 Å². The Morgan fingerprint density at radius 2 is 2.25 bits per heavy atom. The number of rotatable bonds is 3. The molecule has 0 aromatic carbocycles. The Hall–Kier alpha value is -0.830. The van der Waals surface area contributed by atoms with E-state index < -0.39 is 0 Å². The average Bonchev–Trinajstić information content (AvgIpc) is 2.56. The first-order valence-corrected chi connectivity index (χ1v) is 3.96. The van der Waals surface area contributed by atoms with Crippen LogP contribution in [0.2, 0.25) is 0 Å². The molecule has 2 unspecified atom stereocenters. The quantitative estimate of drug-likeness (QED) is 0.364. The zero-order valence-electron chi connectivity index (χ0n) is 7.72. The Labute approximate surface area is 72.4 Å². The minimum Gasteiger partial charge on any atom is -0.459 e. The van der Waals surface area contributed by atoms with Crippen LogP contribution in [-0.2, 0) is 14.3 Å². The van der Waals surface area contributed by atoms with Gasteiger partial charge in [-0.3, -0.25) is 0 Å². The van der Waals surface area contributed by atoms with Crippen molar-refractivity contribution >= 4 is 5.97 Å². The van der Waals surface area contributed by atoms with Crippen molar-refractivity contribution in [1.82, 2.24) is 0 Å². The first-order valence-electron chi connectivity index (χ1n) is 3.96. The van der Waals surface area contributed by atoms with Crippen LogP contribution in [0.4, 0.5) is 0 Å². The Balaban J connectivity index is 2.27. The third-order valence-corrected chi connectivity index (χ3v) is 2.09. The van der Waals surface area contributed by atoms with Gasteiger partial charge in [0.15, 0.2) is 0 Å². The van der Waals surface area contributed by atoms with Crippen LogP contribution in [0.1, 0.15) is 20.8 Å². The molecule has 0 radical (unpaired) electrons. The molecule has 2 atom stereocenters. The van der Waals surface area contributed by atoms with Gasteiger partial charge in [-0.05, 0) is 20.8 Å². The summed E-state index contributed by atoms with van der Waals surface area (Å²) in [5.74, 6) is -0.348. The van der Waals surface area contributed by atoms with Crippen molar-refractivity contribution in [2.75, 3.05) is 6.61 Å². The van der Waals surface area contributed by atoms with Gasteiger partial charge >= 0.3 is 5.97 Å². The Morgan fingerprint density at radius 1 is 1.75 bits per heavy atom. The van der Waals surface area contributed by atoms with Gasteiger partial charge in [-0.15, -0.1) is 0 Å². The maximum Gasteiger partial charge on any atom is 0.333 e. The van der Waals surface area contributed by atoms with Gasteiger partial charge < -0.3 is 9.47 Å². The molecule has 68 valence electrons. The maximum atomic E-state index is 10.9. The summed E-state index contributed by atoms with van der Waals surface area (Å²) < 4.78 is 10.2. The summed E-state index contributed by atoms with van der Waals surface area (Å²) in [6, 6.07) is 0. The summed E-state index contributed by atoms with van der Waals surface area (Å²) in [5, 5.41) is 0. The molecule has 0 spiro atoms. The van der Waals surface area contributed by atoms with Crippen molar-refractivity contribution in [3.8, 4) is 0 Å². The lowest BCUT2D eigenvalue weighted by Gasteiger charge is -2.06. The summed E-state index contributed by atoms with van der Waals surface area (Å²) in [6.07, 6.45) is 0.190. The molecule has 0 aromatic rings. The molecule has 0 aromatic heterocycles. The fourth-order valence-corrected chi connectivity index (χ4v) is 0.853. The van der Waals surface area contributed by atoms with Gasteiger partial charge in [0.1, 0.15) is 12.2 Å². The summed E-state index contributed by atoms with van der Waals surface area (Å²) in [5.41, 5.74) is 0.164. The summed E-state index contributed by atoms with van der Waals surface area (Å²) in [7, 11) is 0. The molecule has 1 fully saturated rings. The molecular formula is C9H14O3. The molecule has 1 heterocycles. The van der Waals surface area contributed by atoms with E-state index in [1.54, 1.807) is 6.92 Å². The number of ether oxygens (including phenoxy) is 2. The van der Waals surface area contributed by atoms with E-state index in [9.17, 15) is 4.79 Å². The second-order valence-corrected chi connectivity index (χ2v) is 3.43. The largest absolute Gasteiger partial charge is 0.459 e. The summed E-state index contributed by atoms with van der Waals surface area (Å²) >= 11 is 0. The van der Waals surface area contributed by atoms with E-state index >= 15 is 0 Å². The average molecular weight is 170 g/mol. The number of carbonyl (C=O) groups is 1. The highest BCUT2D eigenvalue weighted by Gasteiger charge is 2.49. The molecule has 1 aliphatic heterocycles. The zero-order chi connectivity index (χ0) is 9.35. The van der Waals surface area contributed by atoms with Crippen molar-refractivity contribution in [1.29, 1.82) is 0 Å². The van der Waals surface area contributed by atoms with Crippen molar-refractivity contribution in [3.63, 3.8) is 0 Å². The van der Waals surface area contributed by atoms with Gasteiger partial charge in [0, 0.05) is 5.57 Å². The molecule has 3 nitrogen and oxygen atoms in total. The third-order valence-electron chi connectivity index (χ3n) is 2.09. The van der Waals surface area contributed by atoms with Crippen LogP contribution in [-0.4, -0.2) is 24.3 Å². The van der Waals surface area contributed by atoms with E-state index in [4.69, 9.17) is 9.47 Å². The summed E-state index contributed by atoms with van der Waals surface area (Å²) in [6.45, 7) is 9.30. The summed E-state index contributed by atoms with van der Waals surface area (Å²) in [4.78, 5) is 10.9.